The summed E-state index contributed by atoms with van der Waals surface area (Å²) >= 11 is 0. The van der Waals surface area contributed by atoms with E-state index in [1.54, 1.807) is 0 Å². The molecule has 0 saturated carbocycles. The molecular formula is C24H28N2O4. The highest BCUT2D eigenvalue weighted by molar-refractivity contribution is 5.45. The fourth-order valence-corrected chi connectivity index (χ4v) is 5.51. The second-order valence-corrected chi connectivity index (χ2v) is 9.01. The predicted molar refractivity (Wildman–Crippen MR) is 111 cm³/mol. The van der Waals surface area contributed by atoms with Crippen LogP contribution in [0.2, 0.25) is 0 Å². The fourth-order valence-electron chi connectivity index (χ4n) is 5.51. The first kappa shape index (κ1) is 18.6. The van der Waals surface area contributed by atoms with Gasteiger partial charge < -0.3 is 24.3 Å². The minimum absolute atomic E-state index is 0.199. The van der Waals surface area contributed by atoms with E-state index in [2.05, 4.69) is 46.6 Å². The molecule has 1 atom stereocenters. The maximum absolute atomic E-state index is 5.66. The van der Waals surface area contributed by atoms with Gasteiger partial charge in [-0.15, -0.1) is 0 Å². The molecule has 158 valence electrons. The topological polar surface area (TPSA) is 52.2 Å². The van der Waals surface area contributed by atoms with E-state index in [1.165, 1.54) is 24.0 Å². The first-order chi connectivity index (χ1) is 14.8. The Morgan fingerprint density at radius 1 is 0.867 bits per heavy atom. The van der Waals surface area contributed by atoms with E-state index < -0.39 is 0 Å². The Labute approximate surface area is 177 Å². The smallest absolute Gasteiger partial charge is 0.189 e. The second-order valence-electron chi connectivity index (χ2n) is 9.01. The van der Waals surface area contributed by atoms with Gasteiger partial charge in [-0.3, -0.25) is 4.90 Å². The van der Waals surface area contributed by atoms with Crippen LogP contribution in [0.4, 0.5) is 0 Å². The van der Waals surface area contributed by atoms with E-state index >= 15 is 0 Å². The zero-order valence-corrected chi connectivity index (χ0v) is 17.2. The quantitative estimate of drug-likeness (QED) is 0.842. The van der Waals surface area contributed by atoms with Gasteiger partial charge in [-0.05, 0) is 66.7 Å². The summed E-state index contributed by atoms with van der Waals surface area (Å²) in [7, 11) is 0. The van der Waals surface area contributed by atoms with Gasteiger partial charge in [-0.25, -0.2) is 0 Å². The molecule has 4 aliphatic rings. The van der Waals surface area contributed by atoms with Crippen LogP contribution in [0.5, 0.6) is 11.5 Å². The number of ether oxygens (including phenoxy) is 4. The molecule has 2 saturated heterocycles. The molecule has 0 amide bonds. The zero-order valence-electron chi connectivity index (χ0n) is 17.2. The number of nitrogens with zero attached hydrogens (tertiary/aromatic N) is 1. The standard InChI is InChI=1S/C24H28N2O4/c1-3-21-19(11-27-15-29-21)9-17(1)23(26-8-6-24(14-26)5-7-25-13-24)18-2-4-22-20(10-18)12-28-16-30-22/h1-4,9-10,23,25H,5-8,11-16H2. The van der Waals surface area contributed by atoms with Gasteiger partial charge in [0.05, 0.1) is 19.3 Å². The number of nitrogens with one attached hydrogen (secondary N) is 1. The van der Waals surface area contributed by atoms with Crippen LogP contribution in [0.1, 0.15) is 41.1 Å². The van der Waals surface area contributed by atoms with Crippen LogP contribution >= 0.6 is 0 Å². The molecular weight excluding hydrogens is 380 g/mol. The van der Waals surface area contributed by atoms with Gasteiger partial charge in [0.1, 0.15) is 11.5 Å². The molecule has 1 spiro atoms. The van der Waals surface area contributed by atoms with Crippen molar-refractivity contribution in [1.29, 1.82) is 0 Å². The number of rotatable bonds is 3. The van der Waals surface area contributed by atoms with Crippen molar-refractivity contribution in [2.75, 3.05) is 39.8 Å². The average Bonchev–Trinajstić information content (AvgIpc) is 3.43. The molecule has 1 N–H and O–H groups in total. The highest BCUT2D eigenvalue weighted by Gasteiger charge is 2.43. The monoisotopic (exact) mass is 408 g/mol. The Bertz CT molecular complexity index is 881. The lowest BCUT2D eigenvalue weighted by Crippen LogP contribution is -2.32. The van der Waals surface area contributed by atoms with Gasteiger partial charge in [0.25, 0.3) is 0 Å². The van der Waals surface area contributed by atoms with Crippen molar-refractivity contribution in [3.05, 3.63) is 58.7 Å². The largest absolute Gasteiger partial charge is 0.467 e. The van der Waals surface area contributed by atoms with Crippen molar-refractivity contribution in [1.82, 2.24) is 10.2 Å². The number of hydrogen-bond acceptors (Lipinski definition) is 6. The normalized spacial score (nSPS) is 25.8. The first-order valence-corrected chi connectivity index (χ1v) is 10.9. The molecule has 6 nitrogen and oxygen atoms in total. The van der Waals surface area contributed by atoms with E-state index in [0.29, 0.717) is 32.2 Å². The highest BCUT2D eigenvalue weighted by atomic mass is 16.7. The number of hydrogen-bond donors (Lipinski definition) is 1. The molecule has 0 bridgehead atoms. The SMILES string of the molecule is c1cc2c(cc1C(c1ccc3c(c1)COCO3)N1CCC3(CCNC3)C1)COCO2. The fraction of sp³-hybridized carbons (Fsp3) is 0.500. The minimum Gasteiger partial charge on any atom is -0.467 e. The third-order valence-corrected chi connectivity index (χ3v) is 7.08. The van der Waals surface area contributed by atoms with E-state index in [0.717, 1.165) is 48.8 Å². The Morgan fingerprint density at radius 3 is 2.13 bits per heavy atom. The summed E-state index contributed by atoms with van der Waals surface area (Å²) in [5.74, 6) is 1.88. The highest BCUT2D eigenvalue weighted by Crippen LogP contribution is 2.43. The van der Waals surface area contributed by atoms with Crippen LogP contribution in [-0.2, 0) is 22.7 Å². The Kier molecular flexibility index (Phi) is 4.68. The lowest BCUT2D eigenvalue weighted by molar-refractivity contribution is -0.0164. The maximum Gasteiger partial charge on any atom is 0.189 e. The summed E-state index contributed by atoms with van der Waals surface area (Å²) in [5.41, 5.74) is 5.26. The van der Waals surface area contributed by atoms with E-state index in [4.69, 9.17) is 18.9 Å². The first-order valence-electron chi connectivity index (χ1n) is 10.9. The molecule has 6 heteroatoms. The molecule has 0 aromatic heterocycles. The van der Waals surface area contributed by atoms with Gasteiger partial charge >= 0.3 is 0 Å². The molecule has 6 rings (SSSR count). The molecule has 0 aliphatic carbocycles. The predicted octanol–water partition coefficient (Wildman–Crippen LogP) is 3.19. The number of likely N-dealkylation sites (tertiary alicyclic amines) is 1. The van der Waals surface area contributed by atoms with Crippen LogP contribution in [0.25, 0.3) is 0 Å². The summed E-state index contributed by atoms with van der Waals surface area (Å²) in [6.07, 6.45) is 2.53. The Hall–Kier alpha value is -2.12. The third-order valence-electron chi connectivity index (χ3n) is 7.08. The minimum atomic E-state index is 0.199. The Balaban J connectivity index is 1.39. The zero-order chi connectivity index (χ0) is 20.0. The lowest BCUT2D eigenvalue weighted by Gasteiger charge is -2.32. The van der Waals surface area contributed by atoms with Gasteiger partial charge in [0.15, 0.2) is 13.6 Å². The molecule has 4 aliphatic heterocycles. The van der Waals surface area contributed by atoms with E-state index in [-0.39, 0.29) is 6.04 Å². The Morgan fingerprint density at radius 2 is 1.53 bits per heavy atom. The van der Waals surface area contributed by atoms with Crippen molar-refractivity contribution in [3.63, 3.8) is 0 Å². The van der Waals surface area contributed by atoms with Gasteiger partial charge in [0.2, 0.25) is 0 Å². The van der Waals surface area contributed by atoms with Crippen LogP contribution < -0.4 is 14.8 Å². The molecule has 2 aromatic carbocycles. The molecule has 2 aromatic rings. The van der Waals surface area contributed by atoms with Crippen molar-refractivity contribution in [2.24, 2.45) is 5.41 Å². The maximum atomic E-state index is 5.66. The van der Waals surface area contributed by atoms with Crippen LogP contribution in [0.15, 0.2) is 36.4 Å². The van der Waals surface area contributed by atoms with Crippen LogP contribution in [0, 0.1) is 5.41 Å². The molecule has 1 unspecified atom stereocenters. The average molecular weight is 408 g/mol. The summed E-state index contributed by atoms with van der Waals surface area (Å²) in [4.78, 5) is 2.66. The molecule has 2 fully saturated rings. The van der Waals surface area contributed by atoms with Crippen molar-refractivity contribution < 1.29 is 18.9 Å². The van der Waals surface area contributed by atoms with Crippen molar-refractivity contribution >= 4 is 0 Å². The van der Waals surface area contributed by atoms with Crippen LogP contribution in [-0.4, -0.2) is 44.7 Å². The van der Waals surface area contributed by atoms with Crippen molar-refractivity contribution in [2.45, 2.75) is 32.1 Å². The summed E-state index contributed by atoms with van der Waals surface area (Å²) < 4.78 is 22.4. The second kappa shape index (κ2) is 7.54. The molecule has 30 heavy (non-hydrogen) atoms. The third kappa shape index (κ3) is 3.28. The van der Waals surface area contributed by atoms with E-state index in [1.807, 2.05) is 0 Å². The van der Waals surface area contributed by atoms with Crippen molar-refractivity contribution in [3.8, 4) is 11.5 Å². The molecule has 4 heterocycles. The summed E-state index contributed by atoms with van der Waals surface area (Å²) in [6, 6.07) is 13.4. The number of benzene rings is 2. The van der Waals surface area contributed by atoms with Gasteiger partial charge in [0, 0.05) is 24.2 Å². The summed E-state index contributed by atoms with van der Waals surface area (Å²) in [6.45, 7) is 6.39. The number of fused-ring (bicyclic) bond motifs is 2. The van der Waals surface area contributed by atoms with Gasteiger partial charge in [-0.2, -0.15) is 0 Å². The molecule has 0 radical (unpaired) electrons. The van der Waals surface area contributed by atoms with Gasteiger partial charge in [-0.1, -0.05) is 12.1 Å². The van der Waals surface area contributed by atoms with E-state index in [9.17, 15) is 0 Å². The summed E-state index contributed by atoms with van der Waals surface area (Å²) in [5, 5.41) is 3.58. The van der Waals surface area contributed by atoms with Crippen LogP contribution in [0.3, 0.4) is 0 Å². The lowest BCUT2D eigenvalue weighted by atomic mass is 9.86.